The van der Waals surface area contributed by atoms with Crippen molar-refractivity contribution in [2.24, 2.45) is 5.84 Å². The molecule has 1 unspecified atom stereocenters. The minimum atomic E-state index is -0.748. The molecule has 0 aliphatic heterocycles. The van der Waals surface area contributed by atoms with Crippen molar-refractivity contribution in [3.63, 3.8) is 0 Å². The molecule has 0 saturated carbocycles. The zero-order chi connectivity index (χ0) is 15.1. The highest BCUT2D eigenvalue weighted by Gasteiger charge is 2.20. The van der Waals surface area contributed by atoms with Crippen LogP contribution in [0.1, 0.15) is 17.2 Å². The summed E-state index contributed by atoms with van der Waals surface area (Å²) in [5, 5.41) is 0. The summed E-state index contributed by atoms with van der Waals surface area (Å²) in [4.78, 5) is 11.9. The van der Waals surface area contributed by atoms with E-state index in [0.717, 1.165) is 16.9 Å². The van der Waals surface area contributed by atoms with Gasteiger partial charge < -0.3 is 9.47 Å². The molecule has 5 heteroatoms. The number of rotatable bonds is 6. The van der Waals surface area contributed by atoms with Crippen LogP contribution in [0.3, 0.4) is 0 Å². The molecule has 2 aromatic carbocycles. The quantitative estimate of drug-likeness (QED) is 0.483. The molecule has 0 spiro atoms. The summed E-state index contributed by atoms with van der Waals surface area (Å²) in [6.45, 7) is 0.282. The number of hydrogen-bond acceptors (Lipinski definition) is 4. The molecule has 0 aliphatic carbocycles. The van der Waals surface area contributed by atoms with Gasteiger partial charge >= 0.3 is 0 Å². The van der Waals surface area contributed by atoms with Crippen LogP contribution in [0.4, 0.5) is 0 Å². The van der Waals surface area contributed by atoms with Gasteiger partial charge in [0, 0.05) is 0 Å². The van der Waals surface area contributed by atoms with Crippen molar-refractivity contribution >= 4 is 5.91 Å². The van der Waals surface area contributed by atoms with Crippen LogP contribution in [-0.4, -0.2) is 13.0 Å². The molecule has 0 radical (unpaired) electrons. The van der Waals surface area contributed by atoms with Crippen LogP contribution < -0.4 is 16.0 Å². The van der Waals surface area contributed by atoms with Gasteiger partial charge in [0.1, 0.15) is 5.75 Å². The first-order chi connectivity index (χ1) is 10.2. The number of methoxy groups -OCH3 is 1. The molecule has 0 aromatic heterocycles. The number of hydrogen-bond donors (Lipinski definition) is 2. The van der Waals surface area contributed by atoms with Crippen LogP contribution in [0, 0.1) is 0 Å². The second-order valence-corrected chi connectivity index (χ2v) is 4.46. The van der Waals surface area contributed by atoms with Crippen molar-refractivity contribution in [3.8, 4) is 5.75 Å². The van der Waals surface area contributed by atoms with Crippen molar-refractivity contribution in [2.45, 2.75) is 12.7 Å². The molecule has 0 heterocycles. The van der Waals surface area contributed by atoms with E-state index in [4.69, 9.17) is 15.3 Å². The maximum Gasteiger partial charge on any atom is 0.267 e. The van der Waals surface area contributed by atoms with Gasteiger partial charge in [-0.2, -0.15) is 0 Å². The van der Waals surface area contributed by atoms with Gasteiger partial charge in [-0.05, 0) is 23.3 Å². The lowest BCUT2D eigenvalue weighted by molar-refractivity contribution is -0.134. The predicted octanol–water partition coefficient (Wildman–Crippen LogP) is 1.94. The van der Waals surface area contributed by atoms with E-state index in [9.17, 15) is 4.79 Å². The van der Waals surface area contributed by atoms with Crippen LogP contribution in [0.25, 0.3) is 0 Å². The van der Waals surface area contributed by atoms with Crippen molar-refractivity contribution < 1.29 is 14.3 Å². The number of amides is 1. The highest BCUT2D eigenvalue weighted by atomic mass is 16.5. The van der Waals surface area contributed by atoms with Gasteiger partial charge in [-0.25, -0.2) is 5.84 Å². The van der Waals surface area contributed by atoms with Crippen molar-refractivity contribution in [1.82, 2.24) is 5.43 Å². The summed E-state index contributed by atoms with van der Waals surface area (Å²) in [6, 6.07) is 16.7. The highest BCUT2D eigenvalue weighted by molar-refractivity contribution is 5.81. The average molecular weight is 286 g/mol. The van der Waals surface area contributed by atoms with Crippen LogP contribution >= 0.6 is 0 Å². The first-order valence-electron chi connectivity index (χ1n) is 6.54. The van der Waals surface area contributed by atoms with Crippen LogP contribution in [0.5, 0.6) is 5.75 Å². The standard InChI is InChI=1S/C16H18N2O3/c1-20-14-9-5-6-12(10-14)11-21-15(16(19)18-17)13-7-3-2-4-8-13/h2-10,15H,11,17H2,1H3,(H,18,19). The van der Waals surface area contributed by atoms with E-state index in [1.807, 2.05) is 54.6 Å². The highest BCUT2D eigenvalue weighted by Crippen LogP contribution is 2.20. The normalized spacial score (nSPS) is 11.7. The number of carbonyl (C=O) groups excluding carboxylic acids is 1. The molecule has 3 N–H and O–H groups in total. The fourth-order valence-corrected chi connectivity index (χ4v) is 1.97. The fraction of sp³-hybridized carbons (Fsp3) is 0.188. The van der Waals surface area contributed by atoms with Crippen LogP contribution in [0.2, 0.25) is 0 Å². The van der Waals surface area contributed by atoms with E-state index in [1.165, 1.54) is 0 Å². The van der Waals surface area contributed by atoms with Crippen LogP contribution in [-0.2, 0) is 16.1 Å². The van der Waals surface area contributed by atoms with E-state index in [2.05, 4.69) is 5.43 Å². The van der Waals surface area contributed by atoms with E-state index in [1.54, 1.807) is 7.11 Å². The third kappa shape index (κ3) is 4.05. The SMILES string of the molecule is COc1cccc(COC(C(=O)NN)c2ccccc2)c1. The Balaban J connectivity index is 2.11. The number of ether oxygens (including phenoxy) is 2. The molecule has 1 atom stereocenters. The molecule has 2 rings (SSSR count). The summed E-state index contributed by atoms with van der Waals surface area (Å²) >= 11 is 0. The Kier molecular flexibility index (Phi) is 5.31. The summed E-state index contributed by atoms with van der Waals surface area (Å²) in [5.41, 5.74) is 3.80. The van der Waals surface area contributed by atoms with Crippen molar-refractivity contribution in [3.05, 3.63) is 65.7 Å². The Hall–Kier alpha value is -2.37. The van der Waals surface area contributed by atoms with E-state index < -0.39 is 6.10 Å². The average Bonchev–Trinajstić information content (AvgIpc) is 2.56. The lowest BCUT2D eigenvalue weighted by atomic mass is 10.1. The first kappa shape index (κ1) is 15.0. The Bertz CT molecular complexity index is 587. The zero-order valence-corrected chi connectivity index (χ0v) is 11.8. The lowest BCUT2D eigenvalue weighted by Gasteiger charge is -2.17. The lowest BCUT2D eigenvalue weighted by Crippen LogP contribution is -2.35. The Morgan fingerprint density at radius 3 is 2.62 bits per heavy atom. The zero-order valence-electron chi connectivity index (χ0n) is 11.8. The Morgan fingerprint density at radius 2 is 1.95 bits per heavy atom. The monoisotopic (exact) mass is 286 g/mol. The second-order valence-electron chi connectivity index (χ2n) is 4.46. The summed E-state index contributed by atoms with van der Waals surface area (Å²) in [6.07, 6.45) is -0.748. The smallest absolute Gasteiger partial charge is 0.267 e. The molecule has 110 valence electrons. The van der Waals surface area contributed by atoms with E-state index in [0.29, 0.717) is 0 Å². The van der Waals surface area contributed by atoms with Gasteiger partial charge in [-0.1, -0.05) is 42.5 Å². The topological polar surface area (TPSA) is 73.6 Å². The minimum absolute atomic E-state index is 0.282. The second kappa shape index (κ2) is 7.42. The molecule has 21 heavy (non-hydrogen) atoms. The molecular weight excluding hydrogens is 268 g/mol. The molecule has 0 fully saturated rings. The molecule has 0 saturated heterocycles. The number of benzene rings is 2. The molecule has 1 amide bonds. The predicted molar refractivity (Wildman–Crippen MR) is 79.3 cm³/mol. The summed E-state index contributed by atoms with van der Waals surface area (Å²) in [7, 11) is 1.61. The molecule has 0 bridgehead atoms. The molecule has 0 aliphatic rings. The first-order valence-corrected chi connectivity index (χ1v) is 6.54. The third-order valence-corrected chi connectivity index (χ3v) is 3.03. The van der Waals surface area contributed by atoms with Gasteiger partial charge in [0.25, 0.3) is 5.91 Å². The van der Waals surface area contributed by atoms with E-state index in [-0.39, 0.29) is 12.5 Å². The molecule has 2 aromatic rings. The maximum atomic E-state index is 11.9. The number of nitrogens with one attached hydrogen (secondary N) is 1. The fourth-order valence-electron chi connectivity index (χ4n) is 1.97. The molecular formula is C16H18N2O3. The number of nitrogens with two attached hydrogens (primary N) is 1. The van der Waals surface area contributed by atoms with Gasteiger partial charge in [-0.3, -0.25) is 10.2 Å². The number of hydrazine groups is 1. The van der Waals surface area contributed by atoms with E-state index >= 15 is 0 Å². The maximum absolute atomic E-state index is 11.9. The van der Waals surface area contributed by atoms with Crippen LogP contribution in [0.15, 0.2) is 54.6 Å². The Labute approximate surface area is 123 Å². The van der Waals surface area contributed by atoms with Gasteiger partial charge in [0.2, 0.25) is 0 Å². The van der Waals surface area contributed by atoms with Gasteiger partial charge in [0.05, 0.1) is 13.7 Å². The number of carbonyl (C=O) groups is 1. The summed E-state index contributed by atoms with van der Waals surface area (Å²) in [5.74, 6) is 5.59. The minimum Gasteiger partial charge on any atom is -0.497 e. The summed E-state index contributed by atoms with van der Waals surface area (Å²) < 4.78 is 10.9. The largest absolute Gasteiger partial charge is 0.497 e. The van der Waals surface area contributed by atoms with Crippen molar-refractivity contribution in [2.75, 3.05) is 7.11 Å². The molecule has 5 nitrogen and oxygen atoms in total. The third-order valence-electron chi connectivity index (χ3n) is 3.03. The van der Waals surface area contributed by atoms with Gasteiger partial charge in [-0.15, -0.1) is 0 Å². The van der Waals surface area contributed by atoms with Crippen molar-refractivity contribution in [1.29, 1.82) is 0 Å². The Morgan fingerprint density at radius 1 is 1.19 bits per heavy atom. The van der Waals surface area contributed by atoms with Gasteiger partial charge in [0.15, 0.2) is 6.10 Å².